The molecule has 0 fully saturated rings. The summed E-state index contributed by atoms with van der Waals surface area (Å²) in [5.41, 5.74) is 1.20. The van der Waals surface area contributed by atoms with E-state index >= 15 is 0 Å². The molecule has 0 aliphatic heterocycles. The Kier molecular flexibility index (Phi) is 4.87. The predicted molar refractivity (Wildman–Crippen MR) is 66.9 cm³/mol. The van der Waals surface area contributed by atoms with E-state index in [1.807, 2.05) is 13.8 Å². The minimum atomic E-state index is -0.339. The van der Waals surface area contributed by atoms with Crippen molar-refractivity contribution in [3.05, 3.63) is 45.7 Å². The summed E-state index contributed by atoms with van der Waals surface area (Å²) in [6.07, 6.45) is 2.61. The lowest BCUT2D eigenvalue weighted by molar-refractivity contribution is -0.115. The van der Waals surface area contributed by atoms with Gasteiger partial charge in [-0.3, -0.25) is 4.79 Å². The topological polar surface area (TPSA) is 17.1 Å². The first-order valence-electron chi connectivity index (χ1n) is 5.20. The van der Waals surface area contributed by atoms with Crippen molar-refractivity contribution in [1.29, 1.82) is 0 Å². The van der Waals surface area contributed by atoms with E-state index in [1.54, 1.807) is 18.2 Å². The zero-order valence-corrected chi connectivity index (χ0v) is 11.0. The Hall–Kier alpha value is -0.960. The molecule has 0 aliphatic carbocycles. The SMILES string of the molecule is C/C=C(/CC)C(=O)Cc1ccc(Br)cc1F. The number of carbonyl (C=O) groups is 1. The van der Waals surface area contributed by atoms with Crippen molar-refractivity contribution in [2.75, 3.05) is 0 Å². The van der Waals surface area contributed by atoms with E-state index in [-0.39, 0.29) is 18.0 Å². The van der Waals surface area contributed by atoms with Gasteiger partial charge in [0, 0.05) is 10.9 Å². The Labute approximate surface area is 103 Å². The fourth-order valence-electron chi connectivity index (χ4n) is 1.51. The quantitative estimate of drug-likeness (QED) is 0.762. The van der Waals surface area contributed by atoms with Crippen LogP contribution in [0.2, 0.25) is 0 Å². The van der Waals surface area contributed by atoms with Gasteiger partial charge >= 0.3 is 0 Å². The smallest absolute Gasteiger partial charge is 0.162 e. The van der Waals surface area contributed by atoms with Crippen molar-refractivity contribution in [1.82, 2.24) is 0 Å². The lowest BCUT2D eigenvalue weighted by atomic mass is 10.0. The molecule has 86 valence electrons. The van der Waals surface area contributed by atoms with E-state index in [0.29, 0.717) is 16.5 Å². The summed E-state index contributed by atoms with van der Waals surface area (Å²) in [5.74, 6) is -0.347. The van der Waals surface area contributed by atoms with Crippen LogP contribution in [0.4, 0.5) is 4.39 Å². The van der Waals surface area contributed by atoms with Gasteiger partial charge in [0.25, 0.3) is 0 Å². The number of carbonyl (C=O) groups excluding carboxylic acids is 1. The van der Waals surface area contributed by atoms with Crippen molar-refractivity contribution in [2.24, 2.45) is 0 Å². The second-order valence-corrected chi connectivity index (χ2v) is 4.42. The average Bonchev–Trinajstić information content (AvgIpc) is 2.24. The fourth-order valence-corrected chi connectivity index (χ4v) is 1.85. The van der Waals surface area contributed by atoms with Crippen molar-refractivity contribution in [3.63, 3.8) is 0 Å². The molecule has 0 spiro atoms. The maximum Gasteiger partial charge on any atom is 0.162 e. The van der Waals surface area contributed by atoms with Crippen LogP contribution in [-0.2, 0) is 11.2 Å². The van der Waals surface area contributed by atoms with Crippen LogP contribution in [0.3, 0.4) is 0 Å². The second-order valence-electron chi connectivity index (χ2n) is 3.50. The Balaban J connectivity index is 2.85. The van der Waals surface area contributed by atoms with Crippen molar-refractivity contribution in [2.45, 2.75) is 26.7 Å². The van der Waals surface area contributed by atoms with Crippen LogP contribution >= 0.6 is 15.9 Å². The molecular weight excluding hydrogens is 271 g/mol. The molecule has 0 aliphatic rings. The molecule has 0 bridgehead atoms. The second kappa shape index (κ2) is 5.94. The lowest BCUT2D eigenvalue weighted by Gasteiger charge is -2.05. The molecule has 1 rings (SSSR count). The molecule has 0 N–H and O–H groups in total. The van der Waals surface area contributed by atoms with Crippen LogP contribution in [0.5, 0.6) is 0 Å². The van der Waals surface area contributed by atoms with Crippen molar-refractivity contribution >= 4 is 21.7 Å². The van der Waals surface area contributed by atoms with Gasteiger partial charge in [0.15, 0.2) is 5.78 Å². The van der Waals surface area contributed by atoms with Gasteiger partial charge < -0.3 is 0 Å². The molecule has 16 heavy (non-hydrogen) atoms. The maximum atomic E-state index is 13.5. The van der Waals surface area contributed by atoms with E-state index < -0.39 is 0 Å². The first kappa shape index (κ1) is 13.1. The standard InChI is InChI=1S/C13H14BrFO/c1-3-9(4-2)13(16)7-10-5-6-11(14)8-12(10)15/h3,5-6,8H,4,7H2,1-2H3/b9-3-. The highest BCUT2D eigenvalue weighted by molar-refractivity contribution is 9.10. The Morgan fingerprint density at radius 1 is 1.50 bits per heavy atom. The van der Waals surface area contributed by atoms with Crippen molar-refractivity contribution in [3.8, 4) is 0 Å². The lowest BCUT2D eigenvalue weighted by Crippen LogP contribution is -2.07. The number of benzene rings is 1. The monoisotopic (exact) mass is 284 g/mol. The van der Waals surface area contributed by atoms with Gasteiger partial charge in [-0.15, -0.1) is 0 Å². The minimum Gasteiger partial charge on any atom is -0.294 e. The number of hydrogen-bond acceptors (Lipinski definition) is 1. The first-order valence-corrected chi connectivity index (χ1v) is 6.00. The van der Waals surface area contributed by atoms with Crippen LogP contribution in [0.15, 0.2) is 34.3 Å². The highest BCUT2D eigenvalue weighted by Gasteiger charge is 2.11. The van der Waals surface area contributed by atoms with Gasteiger partial charge in [0.1, 0.15) is 5.82 Å². The number of rotatable bonds is 4. The van der Waals surface area contributed by atoms with Crippen LogP contribution in [-0.4, -0.2) is 5.78 Å². The highest BCUT2D eigenvalue weighted by atomic mass is 79.9. The molecule has 0 saturated heterocycles. The molecule has 1 aromatic carbocycles. The van der Waals surface area contributed by atoms with Gasteiger partial charge in [0.05, 0.1) is 0 Å². The molecule has 0 radical (unpaired) electrons. The maximum absolute atomic E-state index is 13.5. The normalized spacial score (nSPS) is 11.6. The zero-order valence-electron chi connectivity index (χ0n) is 9.39. The van der Waals surface area contributed by atoms with E-state index in [2.05, 4.69) is 15.9 Å². The van der Waals surface area contributed by atoms with E-state index in [1.165, 1.54) is 6.07 Å². The molecule has 0 amide bonds. The molecule has 3 heteroatoms. The fraction of sp³-hybridized carbons (Fsp3) is 0.308. The molecule has 0 heterocycles. The van der Waals surface area contributed by atoms with Crippen LogP contribution in [0, 0.1) is 5.82 Å². The minimum absolute atomic E-state index is 0.00813. The Bertz CT molecular complexity index is 424. The summed E-state index contributed by atoms with van der Waals surface area (Å²) >= 11 is 3.18. The summed E-state index contributed by atoms with van der Waals surface area (Å²) in [6, 6.07) is 4.76. The summed E-state index contributed by atoms with van der Waals surface area (Å²) in [4.78, 5) is 11.8. The predicted octanol–water partition coefficient (Wildman–Crippen LogP) is 4.06. The van der Waals surface area contributed by atoms with Gasteiger partial charge in [0.2, 0.25) is 0 Å². The summed E-state index contributed by atoms with van der Waals surface area (Å²) in [6.45, 7) is 3.75. The molecule has 0 unspecified atom stereocenters. The molecular formula is C13H14BrFO. The number of hydrogen-bond donors (Lipinski definition) is 0. The highest BCUT2D eigenvalue weighted by Crippen LogP contribution is 2.17. The van der Waals surface area contributed by atoms with Crippen LogP contribution in [0.1, 0.15) is 25.8 Å². The molecule has 0 atom stereocenters. The molecule has 0 aromatic heterocycles. The molecule has 1 aromatic rings. The summed E-state index contributed by atoms with van der Waals surface area (Å²) in [5, 5.41) is 0. The van der Waals surface area contributed by atoms with Crippen LogP contribution in [0.25, 0.3) is 0 Å². The Morgan fingerprint density at radius 2 is 2.19 bits per heavy atom. The largest absolute Gasteiger partial charge is 0.294 e. The van der Waals surface area contributed by atoms with Crippen molar-refractivity contribution < 1.29 is 9.18 Å². The van der Waals surface area contributed by atoms with Gasteiger partial charge in [-0.1, -0.05) is 35.0 Å². The molecule has 1 nitrogen and oxygen atoms in total. The van der Waals surface area contributed by atoms with E-state index in [9.17, 15) is 9.18 Å². The number of allylic oxidation sites excluding steroid dienone is 2. The third-order valence-corrected chi connectivity index (χ3v) is 2.95. The summed E-state index contributed by atoms with van der Waals surface area (Å²) < 4.78 is 14.2. The van der Waals surface area contributed by atoms with E-state index in [4.69, 9.17) is 0 Å². The summed E-state index contributed by atoms with van der Waals surface area (Å²) in [7, 11) is 0. The third kappa shape index (κ3) is 3.27. The van der Waals surface area contributed by atoms with Crippen LogP contribution < -0.4 is 0 Å². The average molecular weight is 285 g/mol. The number of halogens is 2. The van der Waals surface area contributed by atoms with Gasteiger partial charge in [-0.25, -0.2) is 4.39 Å². The van der Waals surface area contributed by atoms with E-state index in [0.717, 1.165) is 5.57 Å². The third-order valence-electron chi connectivity index (χ3n) is 2.45. The zero-order chi connectivity index (χ0) is 12.1. The molecule has 0 saturated carbocycles. The number of Topliss-reactive ketones (excluding diaryl/α,β-unsaturated/α-hetero) is 1. The first-order chi connectivity index (χ1) is 7.58. The number of ketones is 1. The Morgan fingerprint density at radius 3 is 2.69 bits per heavy atom. The van der Waals surface area contributed by atoms with Gasteiger partial charge in [-0.2, -0.15) is 0 Å². The van der Waals surface area contributed by atoms with Gasteiger partial charge in [-0.05, 0) is 36.6 Å².